The van der Waals surface area contributed by atoms with Crippen LogP contribution in [0.15, 0.2) is 91.0 Å². The van der Waals surface area contributed by atoms with Crippen molar-refractivity contribution in [3.63, 3.8) is 0 Å². The van der Waals surface area contributed by atoms with E-state index >= 15 is 0 Å². The van der Waals surface area contributed by atoms with Crippen molar-refractivity contribution in [3.8, 4) is 0 Å². The lowest BCUT2D eigenvalue weighted by atomic mass is 9.75. The third-order valence-electron chi connectivity index (χ3n) is 5.61. The van der Waals surface area contributed by atoms with E-state index in [9.17, 15) is 0 Å². The molecule has 3 aromatic carbocycles. The van der Waals surface area contributed by atoms with Gasteiger partial charge in [0.2, 0.25) is 0 Å². The summed E-state index contributed by atoms with van der Waals surface area (Å²) in [6, 6.07) is 33.2. The zero-order valence-electron chi connectivity index (χ0n) is 17.4. The van der Waals surface area contributed by atoms with Crippen molar-refractivity contribution < 1.29 is 0 Å². The molecular weight excluding hydrogens is 338 g/mol. The van der Waals surface area contributed by atoms with Crippen LogP contribution in [0.5, 0.6) is 0 Å². The highest BCUT2D eigenvalue weighted by Crippen LogP contribution is 2.42. The van der Waals surface area contributed by atoms with E-state index in [1.165, 1.54) is 42.4 Å². The van der Waals surface area contributed by atoms with Crippen LogP contribution in [0.4, 0.5) is 0 Å². The van der Waals surface area contributed by atoms with Crippen LogP contribution in [-0.2, 0) is 5.54 Å². The molecule has 28 heavy (non-hydrogen) atoms. The second-order valence-corrected chi connectivity index (χ2v) is 7.50. The van der Waals surface area contributed by atoms with Gasteiger partial charge >= 0.3 is 0 Å². The van der Waals surface area contributed by atoms with Gasteiger partial charge in [-0.05, 0) is 42.6 Å². The molecule has 0 aliphatic rings. The minimum absolute atomic E-state index is 0.270. The first kappa shape index (κ1) is 20.4. The molecule has 0 aliphatic carbocycles. The quantitative estimate of drug-likeness (QED) is 0.351. The minimum Gasteiger partial charge on any atom is -0.286 e. The standard InChI is InChI=1S/C27H33N/c1-3-5-22-28(23-6-4-2)27(24-16-10-7-11-17-24,25-18-12-8-13-19-25)26-20-14-9-15-21-26/h7-21H,3-6,22-23H2,1-2H3. The molecular formula is C27H33N. The predicted octanol–water partition coefficient (Wildman–Crippen LogP) is 6.88. The summed E-state index contributed by atoms with van der Waals surface area (Å²) in [5.41, 5.74) is 3.77. The zero-order valence-corrected chi connectivity index (χ0v) is 17.4. The number of hydrogen-bond acceptors (Lipinski definition) is 1. The molecule has 0 saturated carbocycles. The molecule has 0 unspecified atom stereocenters. The third-order valence-corrected chi connectivity index (χ3v) is 5.61. The van der Waals surface area contributed by atoms with Gasteiger partial charge in [0.25, 0.3) is 0 Å². The van der Waals surface area contributed by atoms with E-state index in [0.717, 1.165) is 13.1 Å². The largest absolute Gasteiger partial charge is 0.286 e. The van der Waals surface area contributed by atoms with E-state index in [2.05, 4.69) is 110 Å². The van der Waals surface area contributed by atoms with Gasteiger partial charge in [-0.15, -0.1) is 0 Å². The van der Waals surface area contributed by atoms with Gasteiger partial charge in [-0.3, -0.25) is 4.90 Å². The second kappa shape index (κ2) is 10.2. The average Bonchev–Trinajstić information content (AvgIpc) is 2.78. The molecule has 0 heterocycles. The van der Waals surface area contributed by atoms with E-state index in [0.29, 0.717) is 0 Å². The number of benzene rings is 3. The van der Waals surface area contributed by atoms with Crippen molar-refractivity contribution in [2.45, 2.75) is 45.1 Å². The highest BCUT2D eigenvalue weighted by atomic mass is 15.2. The lowest BCUT2D eigenvalue weighted by Gasteiger charge is -2.46. The van der Waals surface area contributed by atoms with Gasteiger partial charge < -0.3 is 0 Å². The van der Waals surface area contributed by atoms with Gasteiger partial charge in [0.15, 0.2) is 0 Å². The molecule has 1 nitrogen and oxygen atoms in total. The lowest BCUT2D eigenvalue weighted by Crippen LogP contribution is -2.49. The van der Waals surface area contributed by atoms with Crippen molar-refractivity contribution in [1.29, 1.82) is 0 Å². The maximum Gasteiger partial charge on any atom is 0.0972 e. The number of nitrogens with zero attached hydrogens (tertiary/aromatic N) is 1. The Bertz CT molecular complexity index is 691. The van der Waals surface area contributed by atoms with Crippen LogP contribution in [0.3, 0.4) is 0 Å². The summed E-state index contributed by atoms with van der Waals surface area (Å²) in [5.74, 6) is 0. The molecule has 0 atom stereocenters. The molecule has 0 saturated heterocycles. The van der Waals surface area contributed by atoms with Gasteiger partial charge in [-0.2, -0.15) is 0 Å². The van der Waals surface area contributed by atoms with Crippen molar-refractivity contribution in [3.05, 3.63) is 108 Å². The van der Waals surface area contributed by atoms with Crippen molar-refractivity contribution in [1.82, 2.24) is 4.90 Å². The van der Waals surface area contributed by atoms with Crippen LogP contribution >= 0.6 is 0 Å². The van der Waals surface area contributed by atoms with E-state index in [1.807, 2.05) is 0 Å². The normalized spacial score (nSPS) is 11.7. The van der Waals surface area contributed by atoms with Crippen molar-refractivity contribution in [2.24, 2.45) is 0 Å². The number of rotatable bonds is 10. The van der Waals surface area contributed by atoms with Gasteiger partial charge in [0.05, 0.1) is 5.54 Å². The summed E-state index contributed by atoms with van der Waals surface area (Å²) in [6.07, 6.45) is 4.82. The summed E-state index contributed by atoms with van der Waals surface area (Å²) >= 11 is 0. The van der Waals surface area contributed by atoms with Gasteiger partial charge in [-0.25, -0.2) is 0 Å². The number of unbranched alkanes of at least 4 members (excludes halogenated alkanes) is 2. The van der Waals surface area contributed by atoms with Crippen LogP contribution in [-0.4, -0.2) is 18.0 Å². The van der Waals surface area contributed by atoms with E-state index in [4.69, 9.17) is 0 Å². The summed E-state index contributed by atoms with van der Waals surface area (Å²) in [4.78, 5) is 2.72. The van der Waals surface area contributed by atoms with Gasteiger partial charge in [-0.1, -0.05) is 118 Å². The summed E-state index contributed by atoms with van der Waals surface area (Å²) in [5, 5.41) is 0. The van der Waals surface area contributed by atoms with E-state index in [1.54, 1.807) is 0 Å². The maximum atomic E-state index is 2.72. The topological polar surface area (TPSA) is 3.24 Å². The predicted molar refractivity (Wildman–Crippen MR) is 121 cm³/mol. The lowest BCUT2D eigenvalue weighted by molar-refractivity contribution is 0.151. The first-order valence-electron chi connectivity index (χ1n) is 10.8. The molecule has 0 N–H and O–H groups in total. The molecule has 3 rings (SSSR count). The summed E-state index contributed by atoms with van der Waals surface area (Å²) in [6.45, 7) is 6.75. The first-order chi connectivity index (χ1) is 13.8. The maximum absolute atomic E-state index is 2.72. The van der Waals surface area contributed by atoms with Crippen molar-refractivity contribution >= 4 is 0 Å². The fourth-order valence-electron chi connectivity index (χ4n) is 4.23. The SMILES string of the molecule is CCCCN(CCCC)C(c1ccccc1)(c1ccccc1)c1ccccc1. The Morgan fingerprint density at radius 3 is 1.14 bits per heavy atom. The molecule has 0 aromatic heterocycles. The Kier molecular flexibility index (Phi) is 7.45. The monoisotopic (exact) mass is 371 g/mol. The molecule has 0 radical (unpaired) electrons. The molecule has 146 valence electrons. The number of hydrogen-bond donors (Lipinski definition) is 0. The fraction of sp³-hybridized carbons (Fsp3) is 0.333. The van der Waals surface area contributed by atoms with Crippen LogP contribution in [0.25, 0.3) is 0 Å². The Balaban J connectivity index is 2.28. The summed E-state index contributed by atoms with van der Waals surface area (Å²) < 4.78 is 0. The molecule has 0 fully saturated rings. The summed E-state index contributed by atoms with van der Waals surface area (Å²) in [7, 11) is 0. The average molecular weight is 372 g/mol. The van der Waals surface area contributed by atoms with Crippen LogP contribution in [0.2, 0.25) is 0 Å². The van der Waals surface area contributed by atoms with Crippen molar-refractivity contribution in [2.75, 3.05) is 13.1 Å². The van der Waals surface area contributed by atoms with Gasteiger partial charge in [0, 0.05) is 0 Å². The Morgan fingerprint density at radius 1 is 0.536 bits per heavy atom. The molecule has 3 aromatic rings. The van der Waals surface area contributed by atoms with E-state index in [-0.39, 0.29) is 5.54 Å². The van der Waals surface area contributed by atoms with Crippen LogP contribution < -0.4 is 0 Å². The molecule has 0 bridgehead atoms. The van der Waals surface area contributed by atoms with Gasteiger partial charge in [0.1, 0.15) is 0 Å². The zero-order chi connectivity index (χ0) is 19.7. The van der Waals surface area contributed by atoms with Crippen LogP contribution in [0.1, 0.15) is 56.2 Å². The molecule has 0 amide bonds. The minimum atomic E-state index is -0.270. The Hall–Kier alpha value is -2.38. The van der Waals surface area contributed by atoms with E-state index < -0.39 is 0 Å². The first-order valence-corrected chi connectivity index (χ1v) is 10.8. The third kappa shape index (κ3) is 4.20. The van der Waals surface area contributed by atoms with Crippen LogP contribution in [0, 0.1) is 0 Å². The Morgan fingerprint density at radius 2 is 0.857 bits per heavy atom. The fourth-order valence-corrected chi connectivity index (χ4v) is 4.23. The highest BCUT2D eigenvalue weighted by Gasteiger charge is 2.41. The smallest absolute Gasteiger partial charge is 0.0972 e. The molecule has 1 heteroatoms. The highest BCUT2D eigenvalue weighted by molar-refractivity contribution is 5.49. The Labute approximate surface area is 171 Å². The molecule has 0 aliphatic heterocycles. The molecule has 0 spiro atoms. The second-order valence-electron chi connectivity index (χ2n) is 7.50.